The number of nitrogens with zero attached hydrogens (tertiary/aromatic N) is 2. The van der Waals surface area contributed by atoms with Gasteiger partial charge < -0.3 is 14.2 Å². The number of anilines is 6. The molecule has 0 spiro atoms. The van der Waals surface area contributed by atoms with Crippen molar-refractivity contribution in [2.45, 2.75) is 122 Å². The first-order valence-electron chi connectivity index (χ1n) is 33.3. The predicted octanol–water partition coefficient (Wildman–Crippen LogP) is 25.7. The van der Waals surface area contributed by atoms with Crippen molar-refractivity contribution in [3.8, 4) is 44.5 Å². The monoisotopic (exact) mass is 1240 g/mol. The lowest BCUT2D eigenvalue weighted by molar-refractivity contribution is 0.590. The lowest BCUT2D eigenvalue weighted by Crippen LogP contribution is -2.29. The van der Waals surface area contributed by atoms with E-state index in [1.807, 2.05) is 0 Å². The van der Waals surface area contributed by atoms with Crippen LogP contribution in [-0.4, -0.2) is 0 Å². The van der Waals surface area contributed by atoms with Crippen molar-refractivity contribution in [3.05, 3.63) is 317 Å². The zero-order chi connectivity index (χ0) is 65.6. The molecule has 466 valence electrons. The highest BCUT2D eigenvalue weighted by molar-refractivity contribution is 7.80. The summed E-state index contributed by atoms with van der Waals surface area (Å²) >= 11 is 5.46. The Bertz CT molecular complexity index is 4940. The fraction of sp³-hybridized carbons (Fsp3) is 0.200. The van der Waals surface area contributed by atoms with Crippen LogP contribution >= 0.6 is 12.6 Å². The van der Waals surface area contributed by atoms with Crippen LogP contribution in [0.3, 0.4) is 0 Å². The van der Waals surface area contributed by atoms with E-state index >= 15 is 0 Å². The molecule has 0 N–H and O–H groups in total. The predicted molar refractivity (Wildman–Crippen MR) is 403 cm³/mol. The van der Waals surface area contributed by atoms with Gasteiger partial charge in [-0.2, -0.15) is 0 Å². The average Bonchev–Trinajstić information content (AvgIpc) is 1.50. The fourth-order valence-electron chi connectivity index (χ4n) is 14.7. The van der Waals surface area contributed by atoms with E-state index in [0.717, 1.165) is 133 Å². The molecule has 0 saturated heterocycles. The van der Waals surface area contributed by atoms with Gasteiger partial charge in [-0.05, 0) is 174 Å². The zero-order valence-corrected chi connectivity index (χ0v) is 57.5. The van der Waals surface area contributed by atoms with Crippen LogP contribution in [-0.2, 0) is 27.1 Å². The smallest absolute Gasteiger partial charge is 0.145 e. The number of para-hydroxylation sites is 1. The summed E-state index contributed by atoms with van der Waals surface area (Å²) in [5.41, 5.74) is 26.4. The summed E-state index contributed by atoms with van der Waals surface area (Å²) in [7, 11) is 0. The Morgan fingerprint density at radius 1 is 0.340 bits per heavy atom. The maximum absolute atomic E-state index is 7.75. The molecule has 0 aliphatic heterocycles. The Morgan fingerprint density at radius 3 is 1.20 bits per heavy atom. The lowest BCUT2D eigenvalue weighted by atomic mass is 9.67. The minimum atomic E-state index is -0.937. The highest BCUT2D eigenvalue weighted by Gasteiger charge is 2.50. The molecule has 12 aromatic carbocycles. The highest BCUT2D eigenvalue weighted by Crippen LogP contribution is 2.65. The second-order valence-electron chi connectivity index (χ2n) is 29.9. The first kappa shape index (κ1) is 61.9. The summed E-state index contributed by atoms with van der Waals surface area (Å²) < 4.78 is 7.75. The van der Waals surface area contributed by atoms with E-state index in [0.29, 0.717) is 0 Å². The van der Waals surface area contributed by atoms with Gasteiger partial charge >= 0.3 is 0 Å². The van der Waals surface area contributed by atoms with Crippen LogP contribution < -0.4 is 9.80 Å². The number of fused-ring (bicyclic) bond motifs is 7. The first-order chi connectivity index (χ1) is 45.0. The highest BCUT2D eigenvalue weighted by atomic mass is 32.1. The van der Waals surface area contributed by atoms with Crippen LogP contribution in [0.1, 0.15) is 133 Å². The van der Waals surface area contributed by atoms with E-state index in [9.17, 15) is 0 Å². The maximum Gasteiger partial charge on any atom is 0.145 e. The zero-order valence-electron chi connectivity index (χ0n) is 56.7. The quantitative estimate of drug-likeness (QED) is 0.130. The average molecular weight is 1240 g/mol. The van der Waals surface area contributed by atoms with Gasteiger partial charge in [-0.15, -0.1) is 12.6 Å². The summed E-state index contributed by atoms with van der Waals surface area (Å²) in [5.74, 6) is 0. The minimum absolute atomic E-state index is 0.0707. The third kappa shape index (κ3) is 10.6. The number of benzene rings is 12. The van der Waals surface area contributed by atoms with Gasteiger partial charge in [-0.25, -0.2) is 0 Å². The van der Waals surface area contributed by atoms with Crippen LogP contribution in [0.5, 0.6) is 0 Å². The molecule has 0 fully saturated rings. The molecule has 4 heteroatoms. The number of thiol groups is 1. The molecular weight excluding hydrogens is 1160 g/mol. The first-order valence-corrected chi connectivity index (χ1v) is 33.7. The molecule has 0 atom stereocenters. The van der Waals surface area contributed by atoms with Crippen molar-refractivity contribution in [1.82, 2.24) is 0 Å². The third-order valence-corrected chi connectivity index (χ3v) is 20.1. The van der Waals surface area contributed by atoms with Crippen molar-refractivity contribution in [2.75, 3.05) is 9.80 Å². The Morgan fingerprint density at radius 2 is 0.734 bits per heavy atom. The molecular formula is C90H84N2OS. The third-order valence-electron chi connectivity index (χ3n) is 19.7. The minimum Gasteiger partial charge on any atom is -0.455 e. The van der Waals surface area contributed by atoms with Gasteiger partial charge in [0, 0.05) is 43.9 Å². The Labute approximate surface area is 562 Å². The van der Waals surface area contributed by atoms with Gasteiger partial charge in [0.15, 0.2) is 0 Å². The largest absolute Gasteiger partial charge is 0.455 e. The molecule has 0 radical (unpaired) electrons. The van der Waals surface area contributed by atoms with Crippen LogP contribution in [0.2, 0.25) is 0 Å². The lowest BCUT2D eigenvalue weighted by Gasteiger charge is -2.37. The van der Waals surface area contributed by atoms with Gasteiger partial charge in [-0.3, -0.25) is 0 Å². The molecule has 1 aliphatic carbocycles. The van der Waals surface area contributed by atoms with Crippen LogP contribution in [0, 0.1) is 6.92 Å². The molecule has 1 aliphatic rings. The molecule has 94 heavy (non-hydrogen) atoms. The van der Waals surface area contributed by atoms with Gasteiger partial charge in [-0.1, -0.05) is 277 Å². The van der Waals surface area contributed by atoms with Gasteiger partial charge in [0.2, 0.25) is 0 Å². The van der Waals surface area contributed by atoms with Gasteiger partial charge in [0.1, 0.15) is 11.2 Å². The number of hydrogen-bond donors (Lipinski definition) is 1. The van der Waals surface area contributed by atoms with Crippen LogP contribution in [0.4, 0.5) is 34.1 Å². The molecule has 0 unspecified atom stereocenters. The Kier molecular flexibility index (Phi) is 15.4. The van der Waals surface area contributed by atoms with Crippen LogP contribution in [0.15, 0.2) is 276 Å². The Balaban J connectivity index is 1.19. The van der Waals surface area contributed by atoms with Crippen molar-refractivity contribution in [3.63, 3.8) is 0 Å². The summed E-state index contributed by atoms with van der Waals surface area (Å²) in [6.07, 6.45) is 0. The van der Waals surface area contributed by atoms with Gasteiger partial charge in [0.25, 0.3) is 0 Å². The van der Waals surface area contributed by atoms with E-state index in [2.05, 4.69) is 367 Å². The van der Waals surface area contributed by atoms with Crippen molar-refractivity contribution >= 4 is 68.7 Å². The van der Waals surface area contributed by atoms with E-state index in [1.165, 1.54) is 22.3 Å². The maximum atomic E-state index is 7.75. The van der Waals surface area contributed by atoms with Crippen molar-refractivity contribution in [1.29, 1.82) is 0 Å². The standard InChI is InChI=1S/C90H84N2OS/c1-58-81(70-39-27-29-41-80(70)94)77(91(67-48-42-61(43-49-67)86(2,3)4)75-52-46-65(88(8,9)10)54-71(75)59-30-18-14-19-31-59)56-73-82(58)84-74(90(73,63-34-22-16-23-35-63)64-36-24-17-25-37-64)57-78(83-69-38-26-28-40-79(69)93-85(83)84)92(68-50-44-62(45-51-68)87(5,6)7)76-53-47-66(89(11,12)13)55-72(76)60-32-20-15-21-33-60/h14-57,94H,1-13H3. The molecule has 1 aromatic heterocycles. The van der Waals surface area contributed by atoms with E-state index in [1.54, 1.807) is 0 Å². The molecule has 0 bridgehead atoms. The molecule has 3 nitrogen and oxygen atoms in total. The van der Waals surface area contributed by atoms with Crippen LogP contribution in [0.25, 0.3) is 66.4 Å². The Hall–Kier alpha value is -9.61. The second-order valence-corrected chi connectivity index (χ2v) is 30.4. The summed E-state index contributed by atoms with van der Waals surface area (Å²) in [6.45, 7) is 30.0. The number of furan rings is 1. The normalized spacial score (nSPS) is 13.1. The molecule has 0 amide bonds. The summed E-state index contributed by atoms with van der Waals surface area (Å²) in [4.78, 5) is 6.00. The fourth-order valence-corrected chi connectivity index (χ4v) is 14.9. The summed E-state index contributed by atoms with van der Waals surface area (Å²) in [6, 6.07) is 100.0. The number of rotatable bonds is 11. The van der Waals surface area contributed by atoms with E-state index in [-0.39, 0.29) is 21.7 Å². The molecule has 13 aromatic rings. The number of hydrogen-bond acceptors (Lipinski definition) is 4. The van der Waals surface area contributed by atoms with E-state index in [4.69, 9.17) is 17.0 Å². The molecule has 14 rings (SSSR count). The van der Waals surface area contributed by atoms with E-state index < -0.39 is 5.41 Å². The van der Waals surface area contributed by atoms with Crippen molar-refractivity contribution in [2.24, 2.45) is 0 Å². The molecule has 1 heterocycles. The SMILES string of the molecule is Cc1c(-c2ccccc2S)c(N(c2ccc(C(C)(C)C)cc2)c2ccc(C(C)(C)C)cc2-c2ccccc2)cc2c1-c1c(cc(N(c3ccc(C(C)(C)C)cc3)c3ccc(C(C)(C)C)cc3-c3ccccc3)c3c1oc1ccccc13)C2(c1ccccc1)c1ccccc1. The van der Waals surface area contributed by atoms with Gasteiger partial charge in [0.05, 0.1) is 33.6 Å². The second kappa shape index (κ2) is 23.4. The van der Waals surface area contributed by atoms with Crippen molar-refractivity contribution < 1.29 is 4.42 Å². The summed E-state index contributed by atoms with van der Waals surface area (Å²) in [5, 5.41) is 2.09. The topological polar surface area (TPSA) is 19.6 Å². The molecule has 0 saturated carbocycles.